The van der Waals surface area contributed by atoms with Gasteiger partial charge < -0.3 is 10.1 Å². The molecule has 0 aliphatic heterocycles. The standard InChI is InChI=1S/C22H26BrN5O3/c1-6-27-12-18(20(26-27)22(30)31-13(2)3)24-21(29)17-9-7-16(8-10-17)11-28-15(5)19(23)14(4)25-28/h7-10,12-13H,6,11H2,1-5H3,(H,24,29). The highest BCUT2D eigenvalue weighted by Gasteiger charge is 2.21. The van der Waals surface area contributed by atoms with Gasteiger partial charge in [0.25, 0.3) is 5.91 Å². The number of ether oxygens (including phenoxy) is 1. The van der Waals surface area contributed by atoms with Crippen LogP contribution in [0.5, 0.6) is 0 Å². The van der Waals surface area contributed by atoms with E-state index in [1.807, 2.05) is 37.6 Å². The molecule has 0 spiro atoms. The van der Waals surface area contributed by atoms with Gasteiger partial charge in [0, 0.05) is 18.3 Å². The molecule has 31 heavy (non-hydrogen) atoms. The normalized spacial score (nSPS) is 11.1. The van der Waals surface area contributed by atoms with Gasteiger partial charge in [-0.1, -0.05) is 12.1 Å². The molecule has 2 heterocycles. The van der Waals surface area contributed by atoms with Gasteiger partial charge >= 0.3 is 5.97 Å². The Morgan fingerprint density at radius 1 is 1.16 bits per heavy atom. The fourth-order valence-corrected chi connectivity index (χ4v) is 3.34. The van der Waals surface area contributed by atoms with Gasteiger partial charge in [-0.2, -0.15) is 10.2 Å². The smallest absolute Gasteiger partial charge is 0.361 e. The molecular formula is C22H26BrN5O3. The summed E-state index contributed by atoms with van der Waals surface area (Å²) in [6.07, 6.45) is 1.35. The summed E-state index contributed by atoms with van der Waals surface area (Å²) in [5, 5.41) is 11.5. The van der Waals surface area contributed by atoms with Gasteiger partial charge in [-0.05, 0) is 68.2 Å². The number of anilines is 1. The number of hydrogen-bond donors (Lipinski definition) is 1. The summed E-state index contributed by atoms with van der Waals surface area (Å²) < 4.78 is 9.74. The molecule has 0 unspecified atom stereocenters. The van der Waals surface area contributed by atoms with Crippen molar-refractivity contribution in [2.75, 3.05) is 5.32 Å². The molecular weight excluding hydrogens is 462 g/mol. The number of nitrogens with zero attached hydrogens (tertiary/aromatic N) is 4. The molecule has 1 amide bonds. The zero-order valence-electron chi connectivity index (χ0n) is 18.3. The Kier molecular flexibility index (Phi) is 6.94. The van der Waals surface area contributed by atoms with Gasteiger partial charge in [-0.3, -0.25) is 14.2 Å². The predicted molar refractivity (Wildman–Crippen MR) is 121 cm³/mol. The molecule has 0 aliphatic carbocycles. The second-order valence-corrected chi connectivity index (χ2v) is 8.29. The lowest BCUT2D eigenvalue weighted by Gasteiger charge is -2.09. The first-order chi connectivity index (χ1) is 14.7. The summed E-state index contributed by atoms with van der Waals surface area (Å²) in [5.74, 6) is -0.890. The fraction of sp³-hybridized carbons (Fsp3) is 0.364. The van der Waals surface area contributed by atoms with E-state index < -0.39 is 5.97 Å². The number of carbonyl (C=O) groups is 2. The number of esters is 1. The van der Waals surface area contributed by atoms with Gasteiger partial charge in [0.05, 0.1) is 34.2 Å². The molecule has 0 radical (unpaired) electrons. The van der Waals surface area contributed by atoms with Crippen molar-refractivity contribution in [3.8, 4) is 0 Å². The Morgan fingerprint density at radius 3 is 2.39 bits per heavy atom. The summed E-state index contributed by atoms with van der Waals surface area (Å²) in [6.45, 7) is 10.6. The number of rotatable bonds is 7. The fourth-order valence-electron chi connectivity index (χ4n) is 3.05. The zero-order chi connectivity index (χ0) is 22.7. The van der Waals surface area contributed by atoms with Crippen LogP contribution in [0.4, 0.5) is 5.69 Å². The van der Waals surface area contributed by atoms with Crippen molar-refractivity contribution < 1.29 is 14.3 Å². The molecule has 8 nitrogen and oxygen atoms in total. The monoisotopic (exact) mass is 487 g/mol. The van der Waals surface area contributed by atoms with Crippen molar-refractivity contribution in [3.05, 3.63) is 63.1 Å². The maximum atomic E-state index is 12.8. The maximum Gasteiger partial charge on any atom is 0.361 e. The first-order valence-corrected chi connectivity index (χ1v) is 10.9. The number of nitrogens with one attached hydrogen (secondary N) is 1. The van der Waals surface area contributed by atoms with Gasteiger partial charge in [0.2, 0.25) is 0 Å². The molecule has 0 atom stereocenters. The summed E-state index contributed by atoms with van der Waals surface area (Å²) in [5.41, 5.74) is 3.91. The van der Waals surface area contributed by atoms with Crippen LogP contribution < -0.4 is 5.32 Å². The van der Waals surface area contributed by atoms with E-state index in [2.05, 4.69) is 31.4 Å². The van der Waals surface area contributed by atoms with Crippen LogP contribution in [0, 0.1) is 13.8 Å². The summed E-state index contributed by atoms with van der Waals surface area (Å²) >= 11 is 3.54. The number of carbonyl (C=O) groups excluding carboxylic acids is 2. The van der Waals surface area contributed by atoms with Crippen molar-refractivity contribution in [1.82, 2.24) is 19.6 Å². The number of halogens is 1. The van der Waals surface area contributed by atoms with Crippen LogP contribution in [0.2, 0.25) is 0 Å². The molecule has 0 aliphatic rings. The van der Waals surface area contributed by atoms with E-state index in [0.29, 0.717) is 24.3 Å². The van der Waals surface area contributed by atoms with Crippen LogP contribution in [0.1, 0.15) is 58.6 Å². The lowest BCUT2D eigenvalue weighted by Crippen LogP contribution is -2.17. The SMILES string of the molecule is CCn1cc(NC(=O)c2ccc(Cn3nc(C)c(Br)c3C)cc2)c(C(=O)OC(C)C)n1. The third-order valence-corrected chi connectivity index (χ3v) is 5.86. The molecule has 2 aromatic heterocycles. The van der Waals surface area contributed by atoms with E-state index in [4.69, 9.17) is 4.74 Å². The van der Waals surface area contributed by atoms with Crippen molar-refractivity contribution in [3.63, 3.8) is 0 Å². The second-order valence-electron chi connectivity index (χ2n) is 7.49. The van der Waals surface area contributed by atoms with E-state index in [1.54, 1.807) is 36.9 Å². The summed E-state index contributed by atoms with van der Waals surface area (Å²) in [6, 6.07) is 7.29. The topological polar surface area (TPSA) is 91.0 Å². The Hall–Kier alpha value is -2.94. The van der Waals surface area contributed by atoms with Gasteiger partial charge in [-0.25, -0.2) is 4.79 Å². The summed E-state index contributed by atoms with van der Waals surface area (Å²) in [4.78, 5) is 25.1. The minimum Gasteiger partial charge on any atom is -0.458 e. The van der Waals surface area contributed by atoms with Crippen LogP contribution in [0.3, 0.4) is 0 Å². The van der Waals surface area contributed by atoms with Gasteiger partial charge in [-0.15, -0.1) is 0 Å². The molecule has 1 aromatic carbocycles. The molecule has 0 bridgehead atoms. The average Bonchev–Trinajstić information content (AvgIpc) is 3.24. The highest BCUT2D eigenvalue weighted by molar-refractivity contribution is 9.10. The molecule has 1 N–H and O–H groups in total. The van der Waals surface area contributed by atoms with Gasteiger partial charge in [0.15, 0.2) is 5.69 Å². The van der Waals surface area contributed by atoms with Crippen LogP contribution in [0.15, 0.2) is 34.9 Å². The zero-order valence-corrected chi connectivity index (χ0v) is 19.9. The number of aryl methyl sites for hydroxylation is 2. The van der Waals surface area contributed by atoms with Crippen molar-refractivity contribution in [2.24, 2.45) is 0 Å². The van der Waals surface area contributed by atoms with Crippen molar-refractivity contribution in [2.45, 2.75) is 53.8 Å². The van der Waals surface area contributed by atoms with Crippen LogP contribution in [-0.2, 0) is 17.8 Å². The average molecular weight is 488 g/mol. The molecule has 9 heteroatoms. The maximum absolute atomic E-state index is 12.8. The first-order valence-electron chi connectivity index (χ1n) is 10.1. The molecule has 164 valence electrons. The lowest BCUT2D eigenvalue weighted by atomic mass is 10.1. The minimum absolute atomic E-state index is 0.0932. The second kappa shape index (κ2) is 9.47. The summed E-state index contributed by atoms with van der Waals surface area (Å²) in [7, 11) is 0. The minimum atomic E-state index is -0.566. The Balaban J connectivity index is 1.74. The van der Waals surface area contributed by atoms with Crippen LogP contribution in [0.25, 0.3) is 0 Å². The molecule has 3 aromatic rings. The van der Waals surface area contributed by atoms with Crippen molar-refractivity contribution >= 4 is 33.5 Å². The van der Waals surface area contributed by atoms with Crippen LogP contribution >= 0.6 is 15.9 Å². The van der Waals surface area contributed by atoms with Gasteiger partial charge in [0.1, 0.15) is 0 Å². The lowest BCUT2D eigenvalue weighted by molar-refractivity contribution is 0.0371. The van der Waals surface area contributed by atoms with E-state index in [1.165, 1.54) is 0 Å². The third kappa shape index (κ3) is 5.22. The first kappa shape index (κ1) is 22.7. The van der Waals surface area contributed by atoms with E-state index >= 15 is 0 Å². The van der Waals surface area contributed by atoms with E-state index in [0.717, 1.165) is 21.4 Å². The molecule has 3 rings (SSSR count). The predicted octanol–water partition coefficient (Wildman–Crippen LogP) is 4.34. The quantitative estimate of drug-likeness (QED) is 0.500. The highest BCUT2D eigenvalue weighted by Crippen LogP contribution is 2.21. The Bertz CT molecular complexity index is 1100. The molecule has 0 saturated carbocycles. The number of aromatic nitrogens is 4. The third-order valence-electron chi connectivity index (χ3n) is 4.71. The Labute approximate surface area is 189 Å². The largest absolute Gasteiger partial charge is 0.458 e. The number of amides is 1. The molecule has 0 fully saturated rings. The van der Waals surface area contributed by atoms with Crippen molar-refractivity contribution in [1.29, 1.82) is 0 Å². The molecule has 0 saturated heterocycles. The van der Waals surface area contributed by atoms with E-state index in [-0.39, 0.29) is 17.7 Å². The Morgan fingerprint density at radius 2 is 1.84 bits per heavy atom. The number of hydrogen-bond acceptors (Lipinski definition) is 5. The van der Waals surface area contributed by atoms with Crippen LogP contribution in [-0.4, -0.2) is 37.5 Å². The van der Waals surface area contributed by atoms with E-state index in [9.17, 15) is 9.59 Å². The number of benzene rings is 1. The highest BCUT2D eigenvalue weighted by atomic mass is 79.9.